The summed E-state index contributed by atoms with van der Waals surface area (Å²) < 4.78 is 0. The Balaban J connectivity index is 1.89. The Morgan fingerprint density at radius 2 is 1.36 bits per heavy atom. The van der Waals surface area contributed by atoms with Crippen molar-refractivity contribution in [1.29, 1.82) is 0 Å². The van der Waals surface area contributed by atoms with Crippen LogP contribution < -0.4 is 0 Å². The van der Waals surface area contributed by atoms with Crippen molar-refractivity contribution in [3.8, 4) is 22.3 Å². The molecule has 0 heterocycles. The van der Waals surface area contributed by atoms with E-state index >= 15 is 0 Å². The predicted octanol–water partition coefficient (Wildman–Crippen LogP) is 5.97. The van der Waals surface area contributed by atoms with Crippen LogP contribution >= 0.6 is 0 Å². The summed E-state index contributed by atoms with van der Waals surface area (Å²) >= 11 is 0. The maximum atomic E-state index is 3.34. The third-order valence-corrected chi connectivity index (χ3v) is 3.99. The van der Waals surface area contributed by atoms with Gasteiger partial charge in [0.15, 0.2) is 0 Å². The number of hydrogen-bond acceptors (Lipinski definition) is 0. The molecule has 0 saturated carbocycles. The van der Waals surface area contributed by atoms with E-state index in [4.69, 9.17) is 0 Å². The van der Waals surface area contributed by atoms with Crippen LogP contribution in [0.4, 0.5) is 0 Å². The topological polar surface area (TPSA) is 0 Å². The van der Waals surface area contributed by atoms with Crippen molar-refractivity contribution in [2.24, 2.45) is 0 Å². The second kappa shape index (κ2) is 5.50. The Kier molecular flexibility index (Phi) is 3.21. The summed E-state index contributed by atoms with van der Waals surface area (Å²) in [7, 11) is 0. The molecule has 4 aromatic carbocycles. The summed E-state index contributed by atoms with van der Waals surface area (Å²) in [6, 6.07) is 35.1. The smallest absolute Gasteiger partial charge is 0.00987 e. The molecule has 0 aliphatic rings. The lowest BCUT2D eigenvalue weighted by Gasteiger charge is -2.09. The monoisotopic (exact) mass is 279 g/mol. The fourth-order valence-electron chi connectivity index (χ4n) is 2.90. The molecule has 4 aromatic rings. The van der Waals surface area contributed by atoms with E-state index in [0.717, 1.165) is 5.56 Å². The number of fused-ring (bicyclic) bond motifs is 1. The zero-order chi connectivity index (χ0) is 14.8. The van der Waals surface area contributed by atoms with Gasteiger partial charge in [-0.15, -0.1) is 0 Å². The summed E-state index contributed by atoms with van der Waals surface area (Å²) in [6.45, 7) is 0. The minimum Gasteiger partial charge on any atom is -0.0622 e. The molecule has 0 N–H and O–H groups in total. The highest BCUT2D eigenvalue weighted by atomic mass is 14.1. The van der Waals surface area contributed by atoms with Crippen LogP contribution in [0.2, 0.25) is 0 Å². The molecule has 0 fully saturated rings. The zero-order valence-corrected chi connectivity index (χ0v) is 12.2. The van der Waals surface area contributed by atoms with Crippen LogP contribution in [0, 0.1) is 6.07 Å². The first-order chi connectivity index (χ1) is 10.9. The van der Waals surface area contributed by atoms with Crippen molar-refractivity contribution < 1.29 is 0 Å². The quantitative estimate of drug-likeness (QED) is 0.424. The van der Waals surface area contributed by atoms with Gasteiger partial charge in [-0.25, -0.2) is 0 Å². The highest BCUT2D eigenvalue weighted by Gasteiger charge is 2.05. The van der Waals surface area contributed by atoms with Crippen LogP contribution in [0.1, 0.15) is 0 Å². The Morgan fingerprint density at radius 3 is 2.27 bits per heavy atom. The van der Waals surface area contributed by atoms with Crippen molar-refractivity contribution in [1.82, 2.24) is 0 Å². The number of hydrogen-bond donors (Lipinski definition) is 0. The molecule has 1 radical (unpaired) electrons. The molecule has 0 atom stereocenters. The van der Waals surface area contributed by atoms with Crippen LogP contribution in [-0.2, 0) is 0 Å². The van der Waals surface area contributed by atoms with Crippen LogP contribution in [0.25, 0.3) is 33.0 Å². The second-order valence-corrected chi connectivity index (χ2v) is 5.38. The average molecular weight is 279 g/mol. The molecular formula is C22H15. The molecule has 0 spiro atoms. The van der Waals surface area contributed by atoms with Crippen molar-refractivity contribution in [3.05, 3.63) is 97.1 Å². The lowest BCUT2D eigenvalue weighted by molar-refractivity contribution is 1.59. The van der Waals surface area contributed by atoms with Gasteiger partial charge in [0.05, 0.1) is 0 Å². The van der Waals surface area contributed by atoms with E-state index < -0.39 is 0 Å². The first kappa shape index (κ1) is 12.8. The van der Waals surface area contributed by atoms with E-state index in [1.807, 2.05) is 12.1 Å². The fourth-order valence-corrected chi connectivity index (χ4v) is 2.90. The van der Waals surface area contributed by atoms with Gasteiger partial charge in [-0.1, -0.05) is 84.9 Å². The molecule has 0 aromatic heterocycles. The van der Waals surface area contributed by atoms with Gasteiger partial charge >= 0.3 is 0 Å². The van der Waals surface area contributed by atoms with E-state index in [0.29, 0.717) is 0 Å². The molecule has 22 heavy (non-hydrogen) atoms. The van der Waals surface area contributed by atoms with Gasteiger partial charge in [-0.2, -0.15) is 0 Å². The Morgan fingerprint density at radius 1 is 0.591 bits per heavy atom. The molecule has 0 aliphatic carbocycles. The number of rotatable bonds is 2. The fraction of sp³-hybridized carbons (Fsp3) is 0. The van der Waals surface area contributed by atoms with E-state index in [9.17, 15) is 0 Å². The summed E-state index contributed by atoms with van der Waals surface area (Å²) in [6.07, 6.45) is 0. The molecule has 0 bridgehead atoms. The minimum absolute atomic E-state index is 1.13. The van der Waals surface area contributed by atoms with Crippen LogP contribution in [0.3, 0.4) is 0 Å². The van der Waals surface area contributed by atoms with E-state index in [1.54, 1.807) is 0 Å². The third kappa shape index (κ3) is 2.29. The molecular weight excluding hydrogens is 264 g/mol. The largest absolute Gasteiger partial charge is 0.0622 e. The molecule has 4 rings (SSSR count). The van der Waals surface area contributed by atoms with E-state index in [1.165, 1.54) is 27.5 Å². The zero-order valence-electron chi connectivity index (χ0n) is 12.2. The first-order valence-electron chi connectivity index (χ1n) is 7.47. The summed E-state index contributed by atoms with van der Waals surface area (Å²) in [5.41, 5.74) is 4.83. The van der Waals surface area contributed by atoms with Gasteiger partial charge in [-0.05, 0) is 45.2 Å². The van der Waals surface area contributed by atoms with Crippen LogP contribution in [0.5, 0.6) is 0 Å². The molecule has 0 amide bonds. The lowest BCUT2D eigenvalue weighted by Crippen LogP contribution is -1.83. The Bertz CT molecular complexity index is 915. The molecule has 0 saturated heterocycles. The van der Waals surface area contributed by atoms with Crippen molar-refractivity contribution in [3.63, 3.8) is 0 Å². The molecule has 0 heteroatoms. The van der Waals surface area contributed by atoms with Gasteiger partial charge in [0.25, 0.3) is 0 Å². The van der Waals surface area contributed by atoms with Crippen molar-refractivity contribution >= 4 is 10.8 Å². The third-order valence-electron chi connectivity index (χ3n) is 3.99. The van der Waals surface area contributed by atoms with Gasteiger partial charge in [0.1, 0.15) is 0 Å². The van der Waals surface area contributed by atoms with E-state index in [2.05, 4.69) is 84.9 Å². The minimum atomic E-state index is 1.13. The SMILES string of the molecule is [c]1ccc(-c2cccc3ccccc23)cc1-c1ccccc1. The second-order valence-electron chi connectivity index (χ2n) is 5.38. The summed E-state index contributed by atoms with van der Waals surface area (Å²) in [5.74, 6) is 0. The average Bonchev–Trinajstić information content (AvgIpc) is 2.62. The predicted molar refractivity (Wildman–Crippen MR) is 93.7 cm³/mol. The van der Waals surface area contributed by atoms with Crippen molar-refractivity contribution in [2.75, 3.05) is 0 Å². The van der Waals surface area contributed by atoms with Gasteiger partial charge in [0.2, 0.25) is 0 Å². The van der Waals surface area contributed by atoms with Gasteiger partial charge in [0, 0.05) is 0 Å². The summed E-state index contributed by atoms with van der Waals surface area (Å²) in [5, 5.41) is 2.56. The van der Waals surface area contributed by atoms with Gasteiger partial charge < -0.3 is 0 Å². The molecule has 0 unspecified atom stereocenters. The van der Waals surface area contributed by atoms with Crippen LogP contribution in [-0.4, -0.2) is 0 Å². The Labute approximate surface area is 130 Å². The highest BCUT2D eigenvalue weighted by Crippen LogP contribution is 2.31. The van der Waals surface area contributed by atoms with E-state index in [-0.39, 0.29) is 0 Å². The maximum Gasteiger partial charge on any atom is -0.00987 e. The Hall–Kier alpha value is -2.86. The summed E-state index contributed by atoms with van der Waals surface area (Å²) in [4.78, 5) is 0. The first-order valence-corrected chi connectivity index (χ1v) is 7.47. The normalized spacial score (nSPS) is 10.7. The van der Waals surface area contributed by atoms with Crippen molar-refractivity contribution in [2.45, 2.75) is 0 Å². The standard InChI is InChI=1S/C22H15/c1-2-8-17(9-3-1)19-12-6-13-20(16-19)22-15-7-11-18-10-4-5-14-21(18)22/h1-11,13-16H. The molecule has 103 valence electrons. The van der Waals surface area contributed by atoms with Crippen LogP contribution in [0.15, 0.2) is 91.0 Å². The molecule has 0 nitrogen and oxygen atoms in total. The van der Waals surface area contributed by atoms with Gasteiger partial charge in [-0.3, -0.25) is 0 Å². The number of benzene rings is 4. The highest BCUT2D eigenvalue weighted by molar-refractivity contribution is 5.97. The lowest BCUT2D eigenvalue weighted by atomic mass is 9.95. The maximum absolute atomic E-state index is 3.34. The molecule has 0 aliphatic heterocycles.